The van der Waals surface area contributed by atoms with E-state index in [0.29, 0.717) is 0 Å². The molecule has 0 bridgehead atoms. The van der Waals surface area contributed by atoms with Gasteiger partial charge in [-0.2, -0.15) is 0 Å². The van der Waals surface area contributed by atoms with Crippen LogP contribution in [0.15, 0.2) is 0 Å². The van der Waals surface area contributed by atoms with Gasteiger partial charge in [0.1, 0.15) is 11.6 Å². The molecule has 0 unspecified atom stereocenters. The van der Waals surface area contributed by atoms with E-state index in [-0.39, 0.29) is 0 Å². The maximum atomic E-state index is 4.47. The fourth-order valence-corrected chi connectivity index (χ4v) is 1.58. The van der Waals surface area contributed by atoms with Gasteiger partial charge in [0.25, 0.3) is 0 Å². The molecule has 0 aromatic carbocycles. The van der Waals surface area contributed by atoms with Gasteiger partial charge in [-0.3, -0.25) is 0 Å². The lowest BCUT2D eigenvalue weighted by Crippen LogP contribution is -2.04. The van der Waals surface area contributed by atoms with Crippen LogP contribution >= 0.6 is 0 Å². The van der Waals surface area contributed by atoms with Gasteiger partial charge in [0, 0.05) is 32.1 Å². The molecule has 1 aliphatic rings. The zero-order chi connectivity index (χ0) is 9.26. The molecule has 0 amide bonds. The van der Waals surface area contributed by atoms with Gasteiger partial charge in [-0.25, -0.2) is 9.97 Å². The molecule has 1 aromatic rings. The minimum absolute atomic E-state index is 0.875. The number of hydrogen-bond acceptors (Lipinski definition) is 4. The van der Waals surface area contributed by atoms with Gasteiger partial charge in [-0.1, -0.05) is 6.92 Å². The van der Waals surface area contributed by atoms with Crippen LogP contribution in [0, 0.1) is 0 Å². The van der Waals surface area contributed by atoms with E-state index in [1.165, 1.54) is 5.56 Å². The Kier molecular flexibility index (Phi) is 2.14. The van der Waals surface area contributed by atoms with Crippen molar-refractivity contribution < 1.29 is 0 Å². The highest BCUT2D eigenvalue weighted by Crippen LogP contribution is 2.20. The first kappa shape index (κ1) is 8.44. The SMILES string of the molecule is CCc1nc2c(c(NC)n1)CNC2. The summed E-state index contributed by atoms with van der Waals surface area (Å²) >= 11 is 0. The van der Waals surface area contributed by atoms with Gasteiger partial charge in [0.15, 0.2) is 0 Å². The second-order valence-corrected chi connectivity index (χ2v) is 3.12. The number of nitrogens with zero attached hydrogens (tertiary/aromatic N) is 2. The van der Waals surface area contributed by atoms with Crippen LogP contribution in [-0.4, -0.2) is 17.0 Å². The number of aryl methyl sites for hydroxylation is 1. The number of fused-ring (bicyclic) bond motifs is 1. The molecule has 0 aliphatic carbocycles. The highest BCUT2D eigenvalue weighted by Gasteiger charge is 2.17. The van der Waals surface area contributed by atoms with Crippen LogP contribution in [0.3, 0.4) is 0 Å². The van der Waals surface area contributed by atoms with Crippen molar-refractivity contribution in [1.29, 1.82) is 0 Å². The van der Waals surface area contributed by atoms with Crippen LogP contribution in [0.1, 0.15) is 24.0 Å². The molecular formula is C9H14N4. The van der Waals surface area contributed by atoms with Crippen LogP contribution in [0.25, 0.3) is 0 Å². The fraction of sp³-hybridized carbons (Fsp3) is 0.556. The standard InChI is InChI=1S/C9H14N4/c1-3-8-12-7-5-11-4-6(7)9(10-2)13-8/h11H,3-5H2,1-2H3,(H,10,12,13). The first-order valence-corrected chi connectivity index (χ1v) is 4.62. The molecule has 0 radical (unpaired) electrons. The quantitative estimate of drug-likeness (QED) is 0.699. The number of rotatable bonds is 2. The zero-order valence-electron chi connectivity index (χ0n) is 8.02. The molecule has 2 heterocycles. The molecule has 1 aromatic heterocycles. The summed E-state index contributed by atoms with van der Waals surface area (Å²) in [7, 11) is 1.90. The van der Waals surface area contributed by atoms with Gasteiger partial charge in [-0.15, -0.1) is 0 Å². The molecule has 0 fully saturated rings. The molecule has 1 aliphatic heterocycles. The van der Waals surface area contributed by atoms with E-state index in [1.807, 2.05) is 7.05 Å². The Hall–Kier alpha value is -1.16. The lowest BCUT2D eigenvalue weighted by molar-refractivity contribution is 0.756. The molecule has 0 saturated heterocycles. The molecule has 0 atom stereocenters. The Morgan fingerprint density at radius 2 is 2.23 bits per heavy atom. The van der Waals surface area contributed by atoms with Crippen LogP contribution in [-0.2, 0) is 19.5 Å². The van der Waals surface area contributed by atoms with Gasteiger partial charge in [0.05, 0.1) is 5.69 Å². The molecular weight excluding hydrogens is 164 g/mol. The summed E-state index contributed by atoms with van der Waals surface area (Å²) in [5.74, 6) is 1.90. The number of aromatic nitrogens is 2. The average molecular weight is 178 g/mol. The Labute approximate surface area is 77.8 Å². The van der Waals surface area contributed by atoms with E-state index in [0.717, 1.165) is 36.8 Å². The van der Waals surface area contributed by atoms with E-state index in [9.17, 15) is 0 Å². The van der Waals surface area contributed by atoms with Gasteiger partial charge < -0.3 is 10.6 Å². The lowest BCUT2D eigenvalue weighted by Gasteiger charge is -2.07. The van der Waals surface area contributed by atoms with Crippen molar-refractivity contribution in [3.8, 4) is 0 Å². The summed E-state index contributed by atoms with van der Waals surface area (Å²) in [6.07, 6.45) is 0.891. The first-order valence-electron chi connectivity index (χ1n) is 4.62. The van der Waals surface area contributed by atoms with Crippen molar-refractivity contribution >= 4 is 5.82 Å². The molecule has 0 saturated carbocycles. The van der Waals surface area contributed by atoms with Crippen molar-refractivity contribution in [2.75, 3.05) is 12.4 Å². The molecule has 4 heteroatoms. The van der Waals surface area contributed by atoms with Crippen LogP contribution in [0.2, 0.25) is 0 Å². The Bertz CT molecular complexity index is 322. The second kappa shape index (κ2) is 3.30. The van der Waals surface area contributed by atoms with E-state index >= 15 is 0 Å². The third-order valence-electron chi connectivity index (χ3n) is 2.29. The van der Waals surface area contributed by atoms with Gasteiger partial charge >= 0.3 is 0 Å². The first-order chi connectivity index (χ1) is 6.35. The maximum Gasteiger partial charge on any atom is 0.134 e. The summed E-state index contributed by atoms with van der Waals surface area (Å²) < 4.78 is 0. The maximum absolute atomic E-state index is 4.47. The highest BCUT2D eigenvalue weighted by atomic mass is 15.1. The van der Waals surface area contributed by atoms with E-state index in [1.54, 1.807) is 0 Å². The average Bonchev–Trinajstić information content (AvgIpc) is 2.63. The molecule has 2 N–H and O–H groups in total. The van der Waals surface area contributed by atoms with E-state index < -0.39 is 0 Å². The second-order valence-electron chi connectivity index (χ2n) is 3.12. The molecule has 70 valence electrons. The number of anilines is 1. The van der Waals surface area contributed by atoms with Crippen LogP contribution < -0.4 is 10.6 Å². The predicted octanol–water partition coefficient (Wildman–Crippen LogP) is 0.684. The van der Waals surface area contributed by atoms with Crippen LogP contribution in [0.5, 0.6) is 0 Å². The molecule has 13 heavy (non-hydrogen) atoms. The number of hydrogen-bond donors (Lipinski definition) is 2. The summed E-state index contributed by atoms with van der Waals surface area (Å²) in [6, 6.07) is 0. The highest BCUT2D eigenvalue weighted by molar-refractivity contribution is 5.47. The zero-order valence-corrected chi connectivity index (χ0v) is 8.02. The minimum Gasteiger partial charge on any atom is -0.373 e. The van der Waals surface area contributed by atoms with Crippen LogP contribution in [0.4, 0.5) is 5.82 Å². The Morgan fingerprint density at radius 3 is 2.92 bits per heavy atom. The van der Waals surface area contributed by atoms with Gasteiger partial charge in [-0.05, 0) is 0 Å². The number of nitrogens with one attached hydrogen (secondary N) is 2. The summed E-state index contributed by atoms with van der Waals surface area (Å²) in [6.45, 7) is 3.83. The third-order valence-corrected chi connectivity index (χ3v) is 2.29. The van der Waals surface area contributed by atoms with Crippen molar-refractivity contribution in [2.24, 2.45) is 0 Å². The largest absolute Gasteiger partial charge is 0.373 e. The minimum atomic E-state index is 0.875. The van der Waals surface area contributed by atoms with Crippen molar-refractivity contribution in [2.45, 2.75) is 26.4 Å². The van der Waals surface area contributed by atoms with E-state index in [2.05, 4.69) is 27.5 Å². The molecule has 4 nitrogen and oxygen atoms in total. The third kappa shape index (κ3) is 1.37. The van der Waals surface area contributed by atoms with Gasteiger partial charge in [0.2, 0.25) is 0 Å². The summed E-state index contributed by atoms with van der Waals surface area (Å²) in [5.41, 5.74) is 2.37. The Morgan fingerprint density at radius 1 is 1.38 bits per heavy atom. The summed E-state index contributed by atoms with van der Waals surface area (Å²) in [4.78, 5) is 8.89. The summed E-state index contributed by atoms with van der Waals surface area (Å²) in [5, 5.41) is 6.38. The van der Waals surface area contributed by atoms with E-state index in [4.69, 9.17) is 0 Å². The normalized spacial score (nSPS) is 14.3. The Balaban J connectivity index is 2.49. The topological polar surface area (TPSA) is 49.8 Å². The monoisotopic (exact) mass is 178 g/mol. The van der Waals surface area contributed by atoms with Crippen molar-refractivity contribution in [3.05, 3.63) is 17.1 Å². The smallest absolute Gasteiger partial charge is 0.134 e. The lowest BCUT2D eigenvalue weighted by atomic mass is 10.2. The molecule has 0 spiro atoms. The predicted molar refractivity (Wildman–Crippen MR) is 51.5 cm³/mol. The molecule has 2 rings (SSSR count). The van der Waals surface area contributed by atoms with Crippen molar-refractivity contribution in [1.82, 2.24) is 15.3 Å². The fourth-order valence-electron chi connectivity index (χ4n) is 1.58. The van der Waals surface area contributed by atoms with Crippen molar-refractivity contribution in [3.63, 3.8) is 0 Å².